The van der Waals surface area contributed by atoms with Crippen LogP contribution in [0.2, 0.25) is 5.02 Å². The summed E-state index contributed by atoms with van der Waals surface area (Å²) in [6.45, 7) is 2.77. The Morgan fingerprint density at radius 3 is 2.82 bits per heavy atom. The van der Waals surface area contributed by atoms with Gasteiger partial charge < -0.3 is 5.32 Å². The third-order valence-electron chi connectivity index (χ3n) is 3.17. The molecule has 1 amide bonds. The largest absolute Gasteiger partial charge is 0.325 e. The number of anilines is 1. The van der Waals surface area contributed by atoms with E-state index < -0.39 is 5.82 Å². The fourth-order valence-corrected chi connectivity index (χ4v) is 2.35. The van der Waals surface area contributed by atoms with Gasteiger partial charge in [-0.15, -0.1) is 0 Å². The van der Waals surface area contributed by atoms with Crippen molar-refractivity contribution in [2.45, 2.75) is 13.5 Å². The summed E-state index contributed by atoms with van der Waals surface area (Å²) in [7, 11) is 3.71. The van der Waals surface area contributed by atoms with Gasteiger partial charge in [0.15, 0.2) is 0 Å². The first kappa shape index (κ1) is 16.5. The number of halogens is 2. The molecule has 0 saturated carbocycles. The van der Waals surface area contributed by atoms with Crippen LogP contribution in [0.5, 0.6) is 0 Å². The minimum atomic E-state index is -0.510. The van der Waals surface area contributed by atoms with E-state index >= 15 is 0 Å². The second-order valence-electron chi connectivity index (χ2n) is 5.26. The highest BCUT2D eigenvalue weighted by molar-refractivity contribution is 6.31. The number of carbonyl (C=O) groups is 1. The molecule has 1 N–H and O–H groups in total. The van der Waals surface area contributed by atoms with Crippen LogP contribution in [0.15, 0.2) is 24.4 Å². The summed E-state index contributed by atoms with van der Waals surface area (Å²) < 4.78 is 14.8. The molecule has 1 aromatic carbocycles. The van der Waals surface area contributed by atoms with Crippen LogP contribution in [-0.4, -0.2) is 34.2 Å². The predicted octanol–water partition coefficient (Wildman–Crippen LogP) is 2.59. The van der Waals surface area contributed by atoms with Gasteiger partial charge in [-0.05, 0) is 32.2 Å². The lowest BCUT2D eigenvalue weighted by Crippen LogP contribution is -2.29. The highest BCUT2D eigenvalue weighted by Gasteiger charge is 2.11. The molecule has 1 heterocycles. The zero-order chi connectivity index (χ0) is 16.3. The number of hydrogen-bond acceptors (Lipinski definition) is 3. The number of benzene rings is 1. The Bertz CT molecular complexity index is 686. The number of aryl methyl sites for hydroxylation is 2. The van der Waals surface area contributed by atoms with Crippen LogP contribution >= 0.6 is 11.6 Å². The second-order valence-corrected chi connectivity index (χ2v) is 5.67. The Morgan fingerprint density at radius 1 is 1.50 bits per heavy atom. The van der Waals surface area contributed by atoms with Crippen LogP contribution in [-0.2, 0) is 18.4 Å². The Labute approximate surface area is 133 Å². The Balaban J connectivity index is 1.91. The molecule has 0 aliphatic carbocycles. The van der Waals surface area contributed by atoms with Crippen LogP contribution in [0.3, 0.4) is 0 Å². The topological polar surface area (TPSA) is 50.2 Å². The van der Waals surface area contributed by atoms with E-state index in [1.54, 1.807) is 4.68 Å². The molecule has 2 rings (SSSR count). The number of rotatable bonds is 5. The summed E-state index contributed by atoms with van der Waals surface area (Å²) in [5, 5.41) is 6.95. The first-order valence-electron chi connectivity index (χ1n) is 6.77. The lowest BCUT2D eigenvalue weighted by atomic mass is 10.2. The minimum Gasteiger partial charge on any atom is -0.325 e. The quantitative estimate of drug-likeness (QED) is 0.919. The molecule has 1 aromatic heterocycles. The van der Waals surface area contributed by atoms with Gasteiger partial charge in [0.05, 0.1) is 17.3 Å². The third-order valence-corrected chi connectivity index (χ3v) is 3.46. The van der Waals surface area contributed by atoms with Crippen LogP contribution in [0.4, 0.5) is 10.1 Å². The number of aromatic nitrogens is 2. The monoisotopic (exact) mass is 324 g/mol. The van der Waals surface area contributed by atoms with Gasteiger partial charge in [0.1, 0.15) is 5.82 Å². The molecule has 0 aliphatic rings. The van der Waals surface area contributed by atoms with Gasteiger partial charge in [-0.1, -0.05) is 11.6 Å². The fourth-order valence-electron chi connectivity index (χ4n) is 2.17. The van der Waals surface area contributed by atoms with Crippen molar-refractivity contribution in [2.75, 3.05) is 18.9 Å². The maximum Gasteiger partial charge on any atom is 0.238 e. The molecule has 7 heteroatoms. The number of nitrogens with one attached hydrogen (secondary N) is 1. The molecular formula is C15H18ClFN4O. The average molecular weight is 325 g/mol. The SMILES string of the molecule is Cc1nn(C)cc1CN(C)CC(=O)Nc1ccc(F)c(Cl)c1. The number of nitrogens with zero attached hydrogens (tertiary/aromatic N) is 3. The van der Waals surface area contributed by atoms with Gasteiger partial charge >= 0.3 is 0 Å². The Kier molecular flexibility index (Phi) is 5.15. The molecular weight excluding hydrogens is 307 g/mol. The molecule has 0 radical (unpaired) electrons. The van der Waals surface area contributed by atoms with E-state index in [4.69, 9.17) is 11.6 Å². The van der Waals surface area contributed by atoms with E-state index in [1.807, 2.05) is 32.1 Å². The number of amides is 1. The van der Waals surface area contributed by atoms with Crippen molar-refractivity contribution < 1.29 is 9.18 Å². The van der Waals surface area contributed by atoms with E-state index in [-0.39, 0.29) is 17.5 Å². The van der Waals surface area contributed by atoms with Crippen LogP contribution in [0.1, 0.15) is 11.3 Å². The van der Waals surface area contributed by atoms with E-state index in [9.17, 15) is 9.18 Å². The highest BCUT2D eigenvalue weighted by atomic mass is 35.5. The maximum atomic E-state index is 13.1. The molecule has 0 aliphatic heterocycles. The van der Waals surface area contributed by atoms with Crippen molar-refractivity contribution in [1.29, 1.82) is 0 Å². The molecule has 118 valence electrons. The van der Waals surface area contributed by atoms with Gasteiger partial charge in [-0.2, -0.15) is 5.10 Å². The Morgan fingerprint density at radius 2 is 2.23 bits per heavy atom. The predicted molar refractivity (Wildman–Crippen MR) is 84.3 cm³/mol. The first-order chi connectivity index (χ1) is 10.3. The zero-order valence-corrected chi connectivity index (χ0v) is 13.5. The molecule has 5 nitrogen and oxygen atoms in total. The first-order valence-corrected chi connectivity index (χ1v) is 7.15. The molecule has 0 bridgehead atoms. The molecule has 0 fully saturated rings. The van der Waals surface area contributed by atoms with Crippen molar-refractivity contribution in [3.8, 4) is 0 Å². The van der Waals surface area contributed by atoms with Crippen molar-refractivity contribution in [3.63, 3.8) is 0 Å². The average Bonchev–Trinajstić information content (AvgIpc) is 2.72. The van der Waals surface area contributed by atoms with E-state index in [2.05, 4.69) is 10.4 Å². The van der Waals surface area contributed by atoms with Gasteiger partial charge in [0.2, 0.25) is 5.91 Å². The smallest absolute Gasteiger partial charge is 0.238 e. The summed E-state index contributed by atoms with van der Waals surface area (Å²) in [6.07, 6.45) is 1.93. The number of carbonyl (C=O) groups excluding carboxylic acids is 1. The third kappa shape index (κ3) is 4.29. The summed E-state index contributed by atoms with van der Waals surface area (Å²) in [4.78, 5) is 13.9. The lowest BCUT2D eigenvalue weighted by molar-refractivity contribution is -0.117. The Hall–Kier alpha value is -1.92. The maximum absolute atomic E-state index is 13.1. The fraction of sp³-hybridized carbons (Fsp3) is 0.333. The van der Waals surface area contributed by atoms with Crippen molar-refractivity contribution in [2.24, 2.45) is 7.05 Å². The molecule has 22 heavy (non-hydrogen) atoms. The van der Waals surface area contributed by atoms with Crippen LogP contribution in [0.25, 0.3) is 0 Å². The second kappa shape index (κ2) is 6.89. The molecule has 0 atom stereocenters. The zero-order valence-electron chi connectivity index (χ0n) is 12.7. The number of likely N-dealkylation sites (N-methyl/N-ethyl adjacent to an activating group) is 1. The molecule has 0 spiro atoms. The minimum absolute atomic E-state index is 0.0165. The van der Waals surface area contributed by atoms with Crippen molar-refractivity contribution in [1.82, 2.24) is 14.7 Å². The number of hydrogen-bond donors (Lipinski definition) is 1. The molecule has 2 aromatic rings. The summed E-state index contributed by atoms with van der Waals surface area (Å²) in [5.41, 5.74) is 2.49. The van der Waals surface area contributed by atoms with Crippen LogP contribution in [0, 0.1) is 12.7 Å². The van der Waals surface area contributed by atoms with E-state index in [0.29, 0.717) is 12.2 Å². The summed E-state index contributed by atoms with van der Waals surface area (Å²) in [5.74, 6) is -0.699. The summed E-state index contributed by atoms with van der Waals surface area (Å²) in [6, 6.07) is 4.09. The standard InChI is InChI=1S/C15H18ClFN4O/c1-10-11(8-21(3)19-10)7-20(2)9-15(22)18-12-4-5-14(17)13(16)6-12/h4-6,8H,7,9H2,1-3H3,(H,18,22). The normalized spacial score (nSPS) is 11.0. The van der Waals surface area contributed by atoms with E-state index in [1.165, 1.54) is 18.2 Å². The van der Waals surface area contributed by atoms with Crippen LogP contribution < -0.4 is 5.32 Å². The van der Waals surface area contributed by atoms with Crippen molar-refractivity contribution in [3.05, 3.63) is 46.5 Å². The van der Waals surface area contributed by atoms with Gasteiger partial charge in [0, 0.05) is 31.0 Å². The van der Waals surface area contributed by atoms with E-state index in [0.717, 1.165) is 11.3 Å². The van der Waals surface area contributed by atoms with Crippen molar-refractivity contribution >= 4 is 23.2 Å². The van der Waals surface area contributed by atoms with Gasteiger partial charge in [-0.3, -0.25) is 14.4 Å². The summed E-state index contributed by atoms with van der Waals surface area (Å²) >= 11 is 5.68. The lowest BCUT2D eigenvalue weighted by Gasteiger charge is -2.16. The molecule has 0 saturated heterocycles. The highest BCUT2D eigenvalue weighted by Crippen LogP contribution is 2.19. The van der Waals surface area contributed by atoms with Gasteiger partial charge in [0.25, 0.3) is 0 Å². The molecule has 0 unspecified atom stereocenters. The van der Waals surface area contributed by atoms with Gasteiger partial charge in [-0.25, -0.2) is 4.39 Å².